The predicted octanol–water partition coefficient (Wildman–Crippen LogP) is 1.22. The van der Waals surface area contributed by atoms with E-state index in [0.717, 1.165) is 5.56 Å². The van der Waals surface area contributed by atoms with Crippen LogP contribution in [0.25, 0.3) is 0 Å². The van der Waals surface area contributed by atoms with Crippen LogP contribution in [-0.2, 0) is 45.1 Å². The molecule has 0 aliphatic carbocycles. The molecule has 0 spiro atoms. The largest absolute Gasteiger partial charge is 0.508 e. The lowest BCUT2D eigenvalue weighted by Crippen LogP contribution is -2.39. The average molecular weight is 526 g/mol. The summed E-state index contributed by atoms with van der Waals surface area (Å²) in [6.07, 6.45) is 0.639. The van der Waals surface area contributed by atoms with E-state index in [1.54, 1.807) is 24.3 Å². The first-order valence-corrected chi connectivity index (χ1v) is 11.9. The summed E-state index contributed by atoms with van der Waals surface area (Å²) >= 11 is 0. The molecule has 38 heavy (non-hydrogen) atoms. The lowest BCUT2D eigenvalue weighted by atomic mass is 9.95. The van der Waals surface area contributed by atoms with Gasteiger partial charge < -0.3 is 30.3 Å². The number of carbonyl (C=O) groups excluding carboxylic acids is 1. The SMILES string of the molecule is [B]C(=O)CCc1ccc(O)c(CN(CCN(CC(=O)O)Cc2cc(CCC(=O)O)ccc2O)CC(=O)O)c1. The molecule has 0 saturated heterocycles. The normalized spacial score (nSPS) is 11.1. The summed E-state index contributed by atoms with van der Waals surface area (Å²) in [4.78, 5) is 48.0. The number of aryl methyl sites for hydroxylation is 2. The fourth-order valence-corrected chi connectivity index (χ4v) is 3.94. The summed E-state index contributed by atoms with van der Waals surface area (Å²) in [5.74, 6) is -3.30. The Kier molecular flexibility index (Phi) is 11.8. The fourth-order valence-electron chi connectivity index (χ4n) is 3.94. The third kappa shape index (κ3) is 11.0. The molecular weight excluding hydrogens is 495 g/mol. The molecule has 0 fully saturated rings. The minimum Gasteiger partial charge on any atom is -0.508 e. The zero-order valence-corrected chi connectivity index (χ0v) is 20.9. The van der Waals surface area contributed by atoms with Crippen LogP contribution in [0.3, 0.4) is 0 Å². The Labute approximate surface area is 221 Å². The molecule has 0 bridgehead atoms. The van der Waals surface area contributed by atoms with Crippen LogP contribution in [0.5, 0.6) is 11.5 Å². The van der Waals surface area contributed by atoms with Crippen LogP contribution in [0.2, 0.25) is 0 Å². The maximum atomic E-state index is 11.5. The van der Waals surface area contributed by atoms with E-state index in [4.69, 9.17) is 13.0 Å². The van der Waals surface area contributed by atoms with Crippen molar-refractivity contribution in [3.05, 3.63) is 58.7 Å². The molecular formula is C26H31BN2O9. The van der Waals surface area contributed by atoms with E-state index in [1.165, 1.54) is 21.9 Å². The average Bonchev–Trinajstić information content (AvgIpc) is 2.82. The number of hydrogen-bond donors (Lipinski definition) is 5. The molecule has 0 heterocycles. The van der Waals surface area contributed by atoms with Crippen LogP contribution in [0, 0.1) is 0 Å². The van der Waals surface area contributed by atoms with Crippen LogP contribution in [-0.4, -0.2) is 92.9 Å². The lowest BCUT2D eigenvalue weighted by Gasteiger charge is -2.26. The maximum absolute atomic E-state index is 11.5. The number of phenolic OH excluding ortho intramolecular Hbond substituents is 2. The first kappa shape index (κ1) is 30.3. The van der Waals surface area contributed by atoms with Gasteiger partial charge in [0.25, 0.3) is 0 Å². The molecule has 12 heteroatoms. The monoisotopic (exact) mass is 526 g/mol. The minimum atomic E-state index is -1.11. The van der Waals surface area contributed by atoms with Crippen molar-refractivity contribution in [1.82, 2.24) is 9.80 Å². The molecule has 0 atom stereocenters. The second-order valence-corrected chi connectivity index (χ2v) is 8.99. The Morgan fingerprint density at radius 1 is 0.658 bits per heavy atom. The van der Waals surface area contributed by atoms with E-state index < -0.39 is 23.6 Å². The highest BCUT2D eigenvalue weighted by molar-refractivity contribution is 6.57. The Morgan fingerprint density at radius 3 is 1.45 bits per heavy atom. The van der Waals surface area contributed by atoms with Gasteiger partial charge in [-0.1, -0.05) is 24.3 Å². The van der Waals surface area contributed by atoms with Crippen molar-refractivity contribution in [3.8, 4) is 11.5 Å². The van der Waals surface area contributed by atoms with Crippen molar-refractivity contribution in [3.63, 3.8) is 0 Å². The molecule has 2 aromatic carbocycles. The molecule has 5 N–H and O–H groups in total. The van der Waals surface area contributed by atoms with Crippen LogP contribution >= 0.6 is 0 Å². The second-order valence-electron chi connectivity index (χ2n) is 8.99. The molecule has 0 aromatic heterocycles. The van der Waals surface area contributed by atoms with Crippen molar-refractivity contribution in [2.45, 2.75) is 38.8 Å². The van der Waals surface area contributed by atoms with Gasteiger partial charge in [0.1, 0.15) is 11.5 Å². The number of aliphatic carboxylic acids is 3. The van der Waals surface area contributed by atoms with Gasteiger partial charge in [0.2, 0.25) is 0 Å². The first-order chi connectivity index (χ1) is 17.9. The van der Waals surface area contributed by atoms with Crippen LogP contribution in [0.1, 0.15) is 35.1 Å². The summed E-state index contributed by atoms with van der Waals surface area (Å²) < 4.78 is 0. The Balaban J connectivity index is 2.17. The summed E-state index contributed by atoms with van der Waals surface area (Å²) in [5, 5.41) is 48.3. The van der Waals surface area contributed by atoms with Crippen molar-refractivity contribution in [2.75, 3.05) is 26.2 Å². The fraction of sp³-hybridized carbons (Fsp3) is 0.385. The molecule has 0 unspecified atom stereocenters. The standard InChI is InChI=1S/C26H31BN2O9/c27-23(32)7-3-17-1-5-21(30)19(11-17)13-28(15-25(35)36)9-10-29(16-26(37)38)14-20-12-18(2-6-22(20)31)4-8-24(33)34/h1-2,5-6,11-12,30-31H,3-4,7-10,13-16H2,(H,33,34)(H,35,36)(H,37,38). The lowest BCUT2D eigenvalue weighted by molar-refractivity contribution is -0.140. The van der Waals surface area contributed by atoms with Crippen LogP contribution < -0.4 is 0 Å². The number of carboxylic acid groups (broad SMARTS) is 3. The van der Waals surface area contributed by atoms with Crippen molar-refractivity contribution < 1.29 is 44.7 Å². The number of hydrogen-bond acceptors (Lipinski definition) is 8. The van der Waals surface area contributed by atoms with E-state index in [2.05, 4.69) is 0 Å². The number of carboxylic acids is 3. The highest BCUT2D eigenvalue weighted by Crippen LogP contribution is 2.23. The van der Waals surface area contributed by atoms with Crippen molar-refractivity contribution >= 4 is 31.4 Å². The minimum absolute atomic E-state index is 0.0355. The Hall–Kier alpha value is -3.90. The third-order valence-electron chi connectivity index (χ3n) is 5.81. The molecule has 2 rings (SSSR count). The van der Waals surface area contributed by atoms with Gasteiger partial charge in [-0.3, -0.25) is 24.2 Å². The van der Waals surface area contributed by atoms with E-state index in [0.29, 0.717) is 23.1 Å². The number of nitrogens with zero attached hydrogens (tertiary/aromatic N) is 2. The van der Waals surface area contributed by atoms with Crippen LogP contribution in [0.15, 0.2) is 36.4 Å². The zero-order valence-electron chi connectivity index (χ0n) is 20.9. The molecule has 0 amide bonds. The topological polar surface area (TPSA) is 176 Å². The second kappa shape index (κ2) is 14.7. The highest BCUT2D eigenvalue weighted by Gasteiger charge is 2.18. The van der Waals surface area contributed by atoms with Gasteiger partial charge in [0.15, 0.2) is 7.85 Å². The zero-order chi connectivity index (χ0) is 28.2. The van der Waals surface area contributed by atoms with Gasteiger partial charge in [-0.25, -0.2) is 0 Å². The molecule has 11 nitrogen and oxygen atoms in total. The van der Waals surface area contributed by atoms with Gasteiger partial charge in [-0.2, -0.15) is 0 Å². The number of rotatable bonds is 17. The maximum Gasteiger partial charge on any atom is 0.317 e. The Bertz CT molecular complexity index is 1070. The summed E-state index contributed by atoms with van der Waals surface area (Å²) in [7, 11) is 5.20. The molecule has 2 radical (unpaired) electrons. The van der Waals surface area contributed by atoms with E-state index >= 15 is 0 Å². The van der Waals surface area contributed by atoms with E-state index in [-0.39, 0.29) is 70.0 Å². The summed E-state index contributed by atoms with van der Waals surface area (Å²) in [6, 6.07) is 9.43. The van der Waals surface area contributed by atoms with Gasteiger partial charge in [0.05, 0.1) is 18.8 Å². The molecule has 0 aliphatic rings. The van der Waals surface area contributed by atoms with E-state index in [9.17, 15) is 39.6 Å². The predicted molar refractivity (Wildman–Crippen MR) is 137 cm³/mol. The molecule has 0 saturated carbocycles. The van der Waals surface area contributed by atoms with Gasteiger partial charge >= 0.3 is 17.9 Å². The van der Waals surface area contributed by atoms with E-state index in [1.807, 2.05) is 0 Å². The summed E-state index contributed by atoms with van der Waals surface area (Å²) in [5.41, 5.74) is 1.82. The van der Waals surface area contributed by atoms with Crippen LogP contribution in [0.4, 0.5) is 0 Å². The smallest absolute Gasteiger partial charge is 0.317 e. The molecule has 0 aliphatic heterocycles. The molecule has 202 valence electrons. The summed E-state index contributed by atoms with van der Waals surface area (Å²) in [6.45, 7) is -0.410. The highest BCUT2D eigenvalue weighted by atomic mass is 16.4. The van der Waals surface area contributed by atoms with Gasteiger partial charge in [0, 0.05) is 43.7 Å². The third-order valence-corrected chi connectivity index (χ3v) is 5.81. The number of carbonyl (C=O) groups is 4. The molecule has 2 aromatic rings. The Morgan fingerprint density at radius 2 is 1.08 bits per heavy atom. The van der Waals surface area contributed by atoms with Gasteiger partial charge in [-0.15, -0.1) is 0 Å². The number of phenols is 2. The van der Waals surface area contributed by atoms with Crippen molar-refractivity contribution in [2.24, 2.45) is 0 Å². The van der Waals surface area contributed by atoms with Gasteiger partial charge in [-0.05, 0) is 42.5 Å². The van der Waals surface area contributed by atoms with Crippen molar-refractivity contribution in [1.29, 1.82) is 0 Å². The quantitative estimate of drug-likeness (QED) is 0.187. The number of benzene rings is 2. The first-order valence-electron chi connectivity index (χ1n) is 11.9. The number of aromatic hydroxyl groups is 2.